The van der Waals surface area contributed by atoms with E-state index in [2.05, 4.69) is 11.6 Å². The second-order valence-electron chi connectivity index (χ2n) is 6.84. The lowest BCUT2D eigenvalue weighted by molar-refractivity contribution is 0.332. The van der Waals surface area contributed by atoms with Gasteiger partial charge in [-0.05, 0) is 61.9 Å². The van der Waals surface area contributed by atoms with Gasteiger partial charge in [0.2, 0.25) is 10.0 Å². The molecule has 3 nitrogen and oxygen atoms in total. The van der Waals surface area contributed by atoms with E-state index >= 15 is 0 Å². The van der Waals surface area contributed by atoms with Crippen molar-refractivity contribution in [2.45, 2.75) is 43.5 Å². The number of hydrogen-bond donors (Lipinski definition) is 1. The highest BCUT2D eigenvalue weighted by molar-refractivity contribution is 7.89. The monoisotopic (exact) mass is 383 g/mol. The molecule has 0 bridgehead atoms. The van der Waals surface area contributed by atoms with Crippen LogP contribution in [-0.2, 0) is 10.0 Å². The summed E-state index contributed by atoms with van der Waals surface area (Å²) in [6, 6.07) is 5.94. The SMILES string of the molecule is CC1CCC(NS(=O)(=O)c2ccc(-c3ccc(F)cc3F)c(F)c2)CC1. The largest absolute Gasteiger partial charge is 0.240 e. The van der Waals surface area contributed by atoms with Crippen LogP contribution in [0.5, 0.6) is 0 Å². The van der Waals surface area contributed by atoms with Crippen molar-refractivity contribution in [2.24, 2.45) is 5.92 Å². The van der Waals surface area contributed by atoms with Crippen molar-refractivity contribution >= 4 is 10.0 Å². The summed E-state index contributed by atoms with van der Waals surface area (Å²) in [7, 11) is -3.86. The molecule has 0 aromatic heterocycles. The van der Waals surface area contributed by atoms with E-state index in [0.717, 1.165) is 43.9 Å². The van der Waals surface area contributed by atoms with Crippen molar-refractivity contribution < 1.29 is 21.6 Å². The van der Waals surface area contributed by atoms with Gasteiger partial charge in [-0.25, -0.2) is 26.3 Å². The molecule has 0 radical (unpaired) electrons. The first-order valence-electron chi connectivity index (χ1n) is 8.53. The molecule has 1 fully saturated rings. The molecule has 1 saturated carbocycles. The van der Waals surface area contributed by atoms with Gasteiger partial charge in [0.15, 0.2) is 0 Å². The van der Waals surface area contributed by atoms with Crippen LogP contribution in [0.25, 0.3) is 11.1 Å². The number of nitrogens with one attached hydrogen (secondary N) is 1. The first-order chi connectivity index (χ1) is 12.3. The summed E-state index contributed by atoms with van der Waals surface area (Å²) < 4.78 is 68.9. The van der Waals surface area contributed by atoms with E-state index in [1.807, 2.05) is 0 Å². The maximum atomic E-state index is 14.4. The highest BCUT2D eigenvalue weighted by Crippen LogP contribution is 2.29. The second-order valence-corrected chi connectivity index (χ2v) is 8.56. The molecular formula is C19H20F3NO2S. The number of benzene rings is 2. The molecule has 140 valence electrons. The van der Waals surface area contributed by atoms with E-state index in [9.17, 15) is 21.6 Å². The molecule has 0 saturated heterocycles. The van der Waals surface area contributed by atoms with Crippen LogP contribution in [0.2, 0.25) is 0 Å². The van der Waals surface area contributed by atoms with Crippen LogP contribution in [0, 0.1) is 23.4 Å². The van der Waals surface area contributed by atoms with Gasteiger partial charge in [-0.2, -0.15) is 0 Å². The minimum Gasteiger partial charge on any atom is -0.208 e. The molecule has 0 atom stereocenters. The van der Waals surface area contributed by atoms with Crippen LogP contribution in [0.4, 0.5) is 13.2 Å². The smallest absolute Gasteiger partial charge is 0.208 e. The Morgan fingerprint density at radius 2 is 1.46 bits per heavy atom. The van der Waals surface area contributed by atoms with Crippen molar-refractivity contribution in [3.63, 3.8) is 0 Å². The zero-order valence-electron chi connectivity index (χ0n) is 14.3. The summed E-state index contributed by atoms with van der Waals surface area (Å²) in [6.07, 6.45) is 3.40. The molecule has 0 aliphatic heterocycles. The van der Waals surface area contributed by atoms with Gasteiger partial charge in [-0.15, -0.1) is 0 Å². The lowest BCUT2D eigenvalue weighted by Gasteiger charge is -2.26. The molecule has 0 unspecified atom stereocenters. The van der Waals surface area contributed by atoms with Gasteiger partial charge in [-0.3, -0.25) is 0 Å². The fraction of sp³-hybridized carbons (Fsp3) is 0.368. The maximum absolute atomic E-state index is 14.4. The first kappa shape index (κ1) is 18.9. The molecule has 1 aliphatic rings. The summed E-state index contributed by atoms with van der Waals surface area (Å²) in [6.45, 7) is 2.13. The molecule has 26 heavy (non-hydrogen) atoms. The molecular weight excluding hydrogens is 363 g/mol. The van der Waals surface area contributed by atoms with Crippen molar-refractivity contribution in [1.82, 2.24) is 4.72 Å². The van der Waals surface area contributed by atoms with Gasteiger partial charge < -0.3 is 0 Å². The normalized spacial score (nSPS) is 20.9. The van der Waals surface area contributed by atoms with E-state index < -0.39 is 27.5 Å². The quantitative estimate of drug-likeness (QED) is 0.837. The Balaban J connectivity index is 1.84. The predicted octanol–water partition coefficient (Wildman–Crippen LogP) is 4.63. The molecule has 7 heteroatoms. The fourth-order valence-electron chi connectivity index (χ4n) is 3.25. The van der Waals surface area contributed by atoms with Gasteiger partial charge >= 0.3 is 0 Å². The van der Waals surface area contributed by atoms with Crippen LogP contribution in [0.15, 0.2) is 41.3 Å². The third kappa shape index (κ3) is 4.10. The van der Waals surface area contributed by atoms with E-state index in [1.165, 1.54) is 12.1 Å². The summed E-state index contributed by atoms with van der Waals surface area (Å²) in [5, 5.41) is 0. The topological polar surface area (TPSA) is 46.2 Å². The number of rotatable bonds is 4. The lowest BCUT2D eigenvalue weighted by atomic mass is 9.88. The van der Waals surface area contributed by atoms with Crippen LogP contribution in [0.3, 0.4) is 0 Å². The van der Waals surface area contributed by atoms with Gasteiger partial charge in [0, 0.05) is 23.2 Å². The fourth-order valence-corrected chi connectivity index (χ4v) is 4.57. The molecule has 3 rings (SSSR count). The minimum absolute atomic E-state index is 0.118. The second kappa shape index (κ2) is 7.40. The van der Waals surface area contributed by atoms with Gasteiger partial charge in [-0.1, -0.05) is 6.92 Å². The molecule has 1 aliphatic carbocycles. The Hall–Kier alpha value is -1.86. The average molecular weight is 383 g/mol. The van der Waals surface area contributed by atoms with E-state index in [-0.39, 0.29) is 22.1 Å². The average Bonchev–Trinajstić information content (AvgIpc) is 2.57. The van der Waals surface area contributed by atoms with E-state index in [1.54, 1.807) is 0 Å². The summed E-state index contributed by atoms with van der Waals surface area (Å²) in [4.78, 5) is -0.208. The zero-order valence-corrected chi connectivity index (χ0v) is 15.1. The Morgan fingerprint density at radius 1 is 0.885 bits per heavy atom. The Bertz CT molecular complexity index is 907. The van der Waals surface area contributed by atoms with Crippen LogP contribution in [0.1, 0.15) is 32.6 Å². The lowest BCUT2D eigenvalue weighted by Crippen LogP contribution is -2.37. The van der Waals surface area contributed by atoms with Gasteiger partial charge in [0.1, 0.15) is 17.5 Å². The Labute approximate surface area is 151 Å². The zero-order chi connectivity index (χ0) is 18.9. The van der Waals surface area contributed by atoms with Crippen LogP contribution in [-0.4, -0.2) is 14.5 Å². The molecule has 0 spiro atoms. The first-order valence-corrected chi connectivity index (χ1v) is 10.0. The highest BCUT2D eigenvalue weighted by atomic mass is 32.2. The third-order valence-electron chi connectivity index (χ3n) is 4.81. The van der Waals surface area contributed by atoms with Crippen molar-refractivity contribution in [2.75, 3.05) is 0 Å². The minimum atomic E-state index is -3.86. The summed E-state index contributed by atoms with van der Waals surface area (Å²) in [5.74, 6) is -1.97. The molecule has 2 aromatic carbocycles. The number of hydrogen-bond acceptors (Lipinski definition) is 2. The van der Waals surface area contributed by atoms with E-state index in [4.69, 9.17) is 0 Å². The van der Waals surface area contributed by atoms with Gasteiger partial charge in [0.25, 0.3) is 0 Å². The van der Waals surface area contributed by atoms with Gasteiger partial charge in [0.05, 0.1) is 4.90 Å². The standard InChI is InChI=1S/C19H20F3NO2S/c1-12-2-5-14(6-3-12)23-26(24,25)15-7-9-17(19(22)11-15)16-8-4-13(20)10-18(16)21/h4,7-12,14,23H,2-3,5-6H2,1H3. The molecule has 0 amide bonds. The predicted molar refractivity (Wildman–Crippen MR) is 93.5 cm³/mol. The summed E-state index contributed by atoms with van der Waals surface area (Å²) in [5.41, 5.74) is -0.241. The molecule has 1 N–H and O–H groups in total. The highest BCUT2D eigenvalue weighted by Gasteiger charge is 2.25. The van der Waals surface area contributed by atoms with Crippen LogP contribution >= 0.6 is 0 Å². The number of sulfonamides is 1. The third-order valence-corrected chi connectivity index (χ3v) is 6.33. The Morgan fingerprint density at radius 3 is 2.04 bits per heavy atom. The maximum Gasteiger partial charge on any atom is 0.240 e. The van der Waals surface area contributed by atoms with E-state index in [0.29, 0.717) is 12.0 Å². The Kier molecular flexibility index (Phi) is 5.39. The van der Waals surface area contributed by atoms with Crippen molar-refractivity contribution in [3.05, 3.63) is 53.8 Å². The van der Waals surface area contributed by atoms with Crippen LogP contribution < -0.4 is 4.72 Å². The van der Waals surface area contributed by atoms with Crippen molar-refractivity contribution in [1.29, 1.82) is 0 Å². The molecule has 2 aromatic rings. The van der Waals surface area contributed by atoms with Crippen molar-refractivity contribution in [3.8, 4) is 11.1 Å². The number of halogens is 3. The molecule has 0 heterocycles. The summed E-state index contributed by atoms with van der Waals surface area (Å²) >= 11 is 0.